The maximum atomic E-state index is 14.0. The third-order valence-corrected chi connectivity index (χ3v) is 3.43. The summed E-state index contributed by atoms with van der Waals surface area (Å²) in [5.74, 6) is 0.722. The van der Waals surface area contributed by atoms with Crippen molar-refractivity contribution in [2.75, 3.05) is 13.1 Å². The van der Waals surface area contributed by atoms with E-state index in [0.717, 1.165) is 24.6 Å². The molecule has 1 aliphatic carbocycles. The van der Waals surface area contributed by atoms with Crippen molar-refractivity contribution in [2.24, 2.45) is 11.7 Å². The molecule has 1 aromatic carbocycles. The zero-order valence-corrected chi connectivity index (χ0v) is 10.5. The van der Waals surface area contributed by atoms with E-state index >= 15 is 0 Å². The second kappa shape index (κ2) is 5.61. The van der Waals surface area contributed by atoms with Crippen molar-refractivity contribution in [3.8, 4) is 0 Å². The van der Waals surface area contributed by atoms with E-state index in [0.29, 0.717) is 12.1 Å². The van der Waals surface area contributed by atoms with Crippen LogP contribution in [-0.2, 0) is 13.1 Å². The van der Waals surface area contributed by atoms with E-state index in [-0.39, 0.29) is 12.4 Å². The molecule has 0 radical (unpaired) electrons. The van der Waals surface area contributed by atoms with Gasteiger partial charge in [-0.05, 0) is 25.3 Å². The lowest BCUT2D eigenvalue weighted by Crippen LogP contribution is -2.26. The van der Waals surface area contributed by atoms with Gasteiger partial charge in [0.15, 0.2) is 0 Å². The molecule has 2 nitrogen and oxygen atoms in total. The lowest BCUT2D eigenvalue weighted by Gasteiger charge is -2.21. The summed E-state index contributed by atoms with van der Waals surface area (Å²) in [5, 5.41) is 0. The van der Waals surface area contributed by atoms with Crippen molar-refractivity contribution in [1.29, 1.82) is 0 Å². The van der Waals surface area contributed by atoms with Crippen LogP contribution in [-0.4, -0.2) is 18.0 Å². The SMILES string of the molecule is CCN(Cc1cccc(CN)c1F)CC1CC1. The van der Waals surface area contributed by atoms with Crippen LogP contribution in [0.4, 0.5) is 4.39 Å². The first-order valence-electron chi connectivity index (χ1n) is 6.43. The molecule has 1 fully saturated rings. The van der Waals surface area contributed by atoms with E-state index in [1.807, 2.05) is 12.1 Å². The number of hydrogen-bond donors (Lipinski definition) is 1. The molecule has 0 saturated heterocycles. The van der Waals surface area contributed by atoms with E-state index in [1.165, 1.54) is 12.8 Å². The van der Waals surface area contributed by atoms with Gasteiger partial charge in [-0.25, -0.2) is 4.39 Å². The molecule has 0 aromatic heterocycles. The Bertz CT molecular complexity index is 374. The summed E-state index contributed by atoms with van der Waals surface area (Å²) in [7, 11) is 0. The van der Waals surface area contributed by atoms with Crippen LogP contribution in [0.5, 0.6) is 0 Å². The molecule has 0 atom stereocenters. The van der Waals surface area contributed by atoms with Gasteiger partial charge < -0.3 is 5.73 Å². The van der Waals surface area contributed by atoms with Crippen LogP contribution in [0.25, 0.3) is 0 Å². The zero-order valence-electron chi connectivity index (χ0n) is 10.5. The molecule has 0 bridgehead atoms. The summed E-state index contributed by atoms with van der Waals surface area (Å²) in [6.07, 6.45) is 2.67. The first kappa shape index (κ1) is 12.5. The predicted octanol–water partition coefficient (Wildman–Crippen LogP) is 2.52. The van der Waals surface area contributed by atoms with Crippen LogP contribution < -0.4 is 5.73 Å². The van der Waals surface area contributed by atoms with E-state index in [9.17, 15) is 4.39 Å². The van der Waals surface area contributed by atoms with Crippen molar-refractivity contribution in [2.45, 2.75) is 32.9 Å². The summed E-state index contributed by atoms with van der Waals surface area (Å²) < 4.78 is 14.0. The van der Waals surface area contributed by atoms with E-state index < -0.39 is 0 Å². The highest BCUT2D eigenvalue weighted by Gasteiger charge is 2.24. The fraction of sp³-hybridized carbons (Fsp3) is 0.571. The molecule has 1 saturated carbocycles. The molecule has 1 aliphatic rings. The molecule has 94 valence electrons. The smallest absolute Gasteiger partial charge is 0.132 e. The van der Waals surface area contributed by atoms with Gasteiger partial charge in [0.05, 0.1) is 0 Å². The molecule has 1 aromatic rings. The van der Waals surface area contributed by atoms with Crippen LogP contribution in [0.15, 0.2) is 18.2 Å². The zero-order chi connectivity index (χ0) is 12.3. The molecule has 3 heteroatoms. The average Bonchev–Trinajstić information content (AvgIpc) is 3.14. The summed E-state index contributed by atoms with van der Waals surface area (Å²) in [4.78, 5) is 2.32. The molecule has 2 N–H and O–H groups in total. The molecule has 17 heavy (non-hydrogen) atoms. The third kappa shape index (κ3) is 3.27. The minimum atomic E-state index is -0.121. The Hall–Kier alpha value is -0.930. The van der Waals surface area contributed by atoms with Gasteiger partial charge in [0.2, 0.25) is 0 Å². The molecule has 0 aliphatic heterocycles. The summed E-state index contributed by atoms with van der Waals surface area (Å²) in [6, 6.07) is 5.52. The third-order valence-electron chi connectivity index (χ3n) is 3.43. The Labute approximate surface area is 103 Å². The molecular weight excluding hydrogens is 215 g/mol. The van der Waals surface area contributed by atoms with E-state index in [4.69, 9.17) is 5.73 Å². The summed E-state index contributed by atoms with van der Waals surface area (Å²) in [5.41, 5.74) is 6.91. The highest BCUT2D eigenvalue weighted by Crippen LogP contribution is 2.30. The largest absolute Gasteiger partial charge is 0.326 e. The minimum Gasteiger partial charge on any atom is -0.326 e. The second-order valence-electron chi connectivity index (χ2n) is 4.87. The Kier molecular flexibility index (Phi) is 4.13. The highest BCUT2D eigenvalue weighted by molar-refractivity contribution is 5.25. The first-order valence-corrected chi connectivity index (χ1v) is 6.43. The van der Waals surface area contributed by atoms with Crippen molar-refractivity contribution in [3.63, 3.8) is 0 Å². The first-order chi connectivity index (χ1) is 8.24. The summed E-state index contributed by atoms with van der Waals surface area (Å²) in [6.45, 7) is 5.18. The van der Waals surface area contributed by atoms with Crippen molar-refractivity contribution in [1.82, 2.24) is 4.90 Å². The maximum Gasteiger partial charge on any atom is 0.132 e. The van der Waals surface area contributed by atoms with Gasteiger partial charge in [0, 0.05) is 30.8 Å². The Morgan fingerprint density at radius 3 is 2.65 bits per heavy atom. The van der Waals surface area contributed by atoms with Gasteiger partial charge >= 0.3 is 0 Å². The minimum absolute atomic E-state index is 0.121. The number of halogens is 1. The Morgan fingerprint density at radius 1 is 1.35 bits per heavy atom. The van der Waals surface area contributed by atoms with Crippen LogP contribution in [0.3, 0.4) is 0 Å². The molecule has 0 amide bonds. The monoisotopic (exact) mass is 236 g/mol. The van der Waals surface area contributed by atoms with E-state index in [1.54, 1.807) is 6.07 Å². The molecule has 2 rings (SSSR count). The number of nitrogens with zero attached hydrogens (tertiary/aromatic N) is 1. The number of rotatable bonds is 6. The fourth-order valence-electron chi connectivity index (χ4n) is 2.12. The fourth-order valence-corrected chi connectivity index (χ4v) is 2.12. The Balaban J connectivity index is 2.04. The number of hydrogen-bond acceptors (Lipinski definition) is 2. The molecular formula is C14H21FN2. The van der Waals surface area contributed by atoms with Gasteiger partial charge in [-0.1, -0.05) is 25.1 Å². The topological polar surface area (TPSA) is 29.3 Å². The Morgan fingerprint density at radius 2 is 2.06 bits per heavy atom. The molecule has 0 spiro atoms. The normalized spacial score (nSPS) is 15.5. The quantitative estimate of drug-likeness (QED) is 0.822. The predicted molar refractivity (Wildman–Crippen MR) is 68.0 cm³/mol. The molecule has 0 heterocycles. The molecule has 0 unspecified atom stereocenters. The average molecular weight is 236 g/mol. The number of nitrogens with two attached hydrogens (primary N) is 1. The van der Waals surface area contributed by atoms with Gasteiger partial charge in [0.1, 0.15) is 5.82 Å². The van der Waals surface area contributed by atoms with Gasteiger partial charge in [0.25, 0.3) is 0 Å². The lowest BCUT2D eigenvalue weighted by atomic mass is 10.1. The number of benzene rings is 1. The van der Waals surface area contributed by atoms with Gasteiger partial charge in [-0.2, -0.15) is 0 Å². The second-order valence-corrected chi connectivity index (χ2v) is 4.87. The van der Waals surface area contributed by atoms with Gasteiger partial charge in [-0.15, -0.1) is 0 Å². The summed E-state index contributed by atoms with van der Waals surface area (Å²) >= 11 is 0. The van der Waals surface area contributed by atoms with Crippen molar-refractivity contribution in [3.05, 3.63) is 35.1 Å². The van der Waals surface area contributed by atoms with Crippen LogP contribution >= 0.6 is 0 Å². The lowest BCUT2D eigenvalue weighted by molar-refractivity contribution is 0.264. The van der Waals surface area contributed by atoms with Crippen LogP contribution in [0.1, 0.15) is 30.9 Å². The standard InChI is InChI=1S/C14H21FN2/c1-2-17(9-11-6-7-11)10-13-5-3-4-12(8-16)14(13)15/h3-5,11H,2,6-10,16H2,1H3. The van der Waals surface area contributed by atoms with Crippen molar-refractivity contribution < 1.29 is 4.39 Å². The maximum absolute atomic E-state index is 14.0. The highest BCUT2D eigenvalue weighted by atomic mass is 19.1. The van der Waals surface area contributed by atoms with E-state index in [2.05, 4.69) is 11.8 Å². The van der Waals surface area contributed by atoms with Crippen LogP contribution in [0, 0.1) is 11.7 Å². The van der Waals surface area contributed by atoms with Gasteiger partial charge in [-0.3, -0.25) is 4.90 Å². The van der Waals surface area contributed by atoms with Crippen LogP contribution in [0.2, 0.25) is 0 Å². The van der Waals surface area contributed by atoms with Crippen molar-refractivity contribution >= 4 is 0 Å².